The zero-order valence-electron chi connectivity index (χ0n) is 12.9. The zero-order chi connectivity index (χ0) is 14.4. The molecule has 0 saturated heterocycles. The summed E-state index contributed by atoms with van der Waals surface area (Å²) in [5, 5.41) is 3.64. The van der Waals surface area contributed by atoms with Gasteiger partial charge in [-0.3, -0.25) is 0 Å². The van der Waals surface area contributed by atoms with Crippen LogP contribution in [0.2, 0.25) is 0 Å². The average Bonchev–Trinajstić information content (AvgIpc) is 2.39. The van der Waals surface area contributed by atoms with Gasteiger partial charge in [0.2, 0.25) is 0 Å². The van der Waals surface area contributed by atoms with Crippen molar-refractivity contribution in [1.29, 1.82) is 0 Å². The third kappa shape index (κ3) is 4.59. The molecule has 1 saturated carbocycles. The largest absolute Gasteiger partial charge is 0.316 e. The van der Waals surface area contributed by atoms with Gasteiger partial charge in [0.1, 0.15) is 5.82 Å². The standard InChI is InChI=1S/C18H28FN/c1-15(2)13-20-14-18(9-4-3-5-10-18)12-16-7-6-8-17(19)11-16/h6-8,11,15,20H,3-5,9-10,12-14H2,1-2H3. The smallest absolute Gasteiger partial charge is 0.123 e. The van der Waals surface area contributed by atoms with Crippen molar-refractivity contribution < 1.29 is 4.39 Å². The van der Waals surface area contributed by atoms with Crippen molar-refractivity contribution in [3.05, 3.63) is 35.6 Å². The molecule has 2 rings (SSSR count). The van der Waals surface area contributed by atoms with Crippen LogP contribution >= 0.6 is 0 Å². The highest BCUT2D eigenvalue weighted by Crippen LogP contribution is 2.38. The zero-order valence-corrected chi connectivity index (χ0v) is 12.9. The molecule has 0 aromatic heterocycles. The van der Waals surface area contributed by atoms with Crippen LogP contribution in [0.15, 0.2) is 24.3 Å². The van der Waals surface area contributed by atoms with Crippen molar-refractivity contribution in [1.82, 2.24) is 5.32 Å². The van der Waals surface area contributed by atoms with E-state index in [-0.39, 0.29) is 5.82 Å². The first-order chi connectivity index (χ1) is 9.60. The quantitative estimate of drug-likeness (QED) is 0.803. The fourth-order valence-corrected chi connectivity index (χ4v) is 3.42. The molecule has 0 radical (unpaired) electrons. The maximum Gasteiger partial charge on any atom is 0.123 e. The lowest BCUT2D eigenvalue weighted by molar-refractivity contribution is 0.179. The van der Waals surface area contributed by atoms with E-state index < -0.39 is 0 Å². The summed E-state index contributed by atoms with van der Waals surface area (Å²) >= 11 is 0. The van der Waals surface area contributed by atoms with Crippen molar-refractivity contribution in [3.63, 3.8) is 0 Å². The van der Waals surface area contributed by atoms with Crippen molar-refractivity contribution in [3.8, 4) is 0 Å². The lowest BCUT2D eigenvalue weighted by Crippen LogP contribution is -2.39. The van der Waals surface area contributed by atoms with Crippen LogP contribution in [0.4, 0.5) is 4.39 Å². The van der Waals surface area contributed by atoms with Gasteiger partial charge in [-0.25, -0.2) is 4.39 Å². The van der Waals surface area contributed by atoms with Gasteiger partial charge < -0.3 is 5.32 Å². The minimum Gasteiger partial charge on any atom is -0.316 e. The third-order valence-corrected chi connectivity index (χ3v) is 4.43. The molecule has 1 aromatic rings. The summed E-state index contributed by atoms with van der Waals surface area (Å²) in [5.74, 6) is 0.577. The first-order valence-corrected chi connectivity index (χ1v) is 8.05. The molecule has 0 heterocycles. The summed E-state index contributed by atoms with van der Waals surface area (Å²) in [5.41, 5.74) is 1.49. The second kappa shape index (κ2) is 7.21. The Morgan fingerprint density at radius 2 is 1.95 bits per heavy atom. The summed E-state index contributed by atoms with van der Waals surface area (Å²) in [7, 11) is 0. The summed E-state index contributed by atoms with van der Waals surface area (Å²) < 4.78 is 13.4. The topological polar surface area (TPSA) is 12.0 Å². The van der Waals surface area contributed by atoms with E-state index >= 15 is 0 Å². The lowest BCUT2D eigenvalue weighted by atomic mass is 9.70. The van der Waals surface area contributed by atoms with Crippen LogP contribution in [0.1, 0.15) is 51.5 Å². The number of hydrogen-bond donors (Lipinski definition) is 1. The maximum atomic E-state index is 13.4. The highest BCUT2D eigenvalue weighted by Gasteiger charge is 2.31. The Morgan fingerprint density at radius 1 is 1.20 bits per heavy atom. The van der Waals surface area contributed by atoms with Gasteiger partial charge in [0.15, 0.2) is 0 Å². The maximum absolute atomic E-state index is 13.4. The van der Waals surface area contributed by atoms with E-state index in [4.69, 9.17) is 0 Å². The fourth-order valence-electron chi connectivity index (χ4n) is 3.42. The molecule has 0 unspecified atom stereocenters. The molecule has 112 valence electrons. The van der Waals surface area contributed by atoms with Crippen molar-refractivity contribution in [2.24, 2.45) is 11.3 Å². The van der Waals surface area contributed by atoms with E-state index in [0.29, 0.717) is 11.3 Å². The minimum atomic E-state index is -0.108. The van der Waals surface area contributed by atoms with Crippen LogP contribution in [-0.2, 0) is 6.42 Å². The van der Waals surface area contributed by atoms with E-state index in [2.05, 4.69) is 25.2 Å². The molecule has 0 aliphatic heterocycles. The number of nitrogens with one attached hydrogen (secondary N) is 1. The fraction of sp³-hybridized carbons (Fsp3) is 0.667. The second-order valence-corrected chi connectivity index (χ2v) is 6.89. The van der Waals surface area contributed by atoms with Gasteiger partial charge >= 0.3 is 0 Å². The Hall–Kier alpha value is -0.890. The molecule has 20 heavy (non-hydrogen) atoms. The minimum absolute atomic E-state index is 0.108. The van der Waals surface area contributed by atoms with Crippen LogP contribution < -0.4 is 5.32 Å². The monoisotopic (exact) mass is 277 g/mol. The SMILES string of the molecule is CC(C)CNCC1(Cc2cccc(F)c2)CCCCC1. The van der Waals surface area contributed by atoms with Crippen LogP contribution in [0, 0.1) is 17.2 Å². The average molecular weight is 277 g/mol. The summed E-state index contributed by atoms with van der Waals surface area (Å²) in [6.07, 6.45) is 7.55. The Balaban J connectivity index is 2.02. The number of rotatable bonds is 6. The van der Waals surface area contributed by atoms with Gasteiger partial charge in [-0.1, -0.05) is 45.2 Å². The molecule has 1 fully saturated rings. The number of hydrogen-bond acceptors (Lipinski definition) is 1. The van der Waals surface area contributed by atoms with E-state index in [1.165, 1.54) is 38.2 Å². The molecule has 1 aliphatic rings. The first kappa shape index (κ1) is 15.5. The summed E-state index contributed by atoms with van der Waals surface area (Å²) in [4.78, 5) is 0. The van der Waals surface area contributed by atoms with Gasteiger partial charge in [0, 0.05) is 6.54 Å². The summed E-state index contributed by atoms with van der Waals surface area (Å²) in [6, 6.07) is 7.15. The van der Waals surface area contributed by atoms with Gasteiger partial charge in [0.05, 0.1) is 0 Å². The van der Waals surface area contributed by atoms with Crippen LogP contribution in [0.25, 0.3) is 0 Å². The van der Waals surface area contributed by atoms with E-state index in [9.17, 15) is 4.39 Å². The molecule has 2 heteroatoms. The first-order valence-electron chi connectivity index (χ1n) is 8.05. The van der Waals surface area contributed by atoms with Crippen LogP contribution in [0.3, 0.4) is 0 Å². The van der Waals surface area contributed by atoms with Crippen LogP contribution in [-0.4, -0.2) is 13.1 Å². The van der Waals surface area contributed by atoms with Crippen molar-refractivity contribution in [2.45, 2.75) is 52.4 Å². The Bertz CT molecular complexity index is 408. The number of halogens is 1. The Kier molecular flexibility index (Phi) is 5.59. The molecule has 1 nitrogen and oxygen atoms in total. The molecule has 1 aliphatic carbocycles. The number of benzene rings is 1. The second-order valence-electron chi connectivity index (χ2n) is 6.89. The van der Waals surface area contributed by atoms with E-state index in [1.54, 1.807) is 6.07 Å². The van der Waals surface area contributed by atoms with Gasteiger partial charge in [0.25, 0.3) is 0 Å². The molecule has 0 bridgehead atoms. The predicted octanol–water partition coefficient (Wildman–Crippen LogP) is 4.56. The Labute approximate surface area is 123 Å². The highest BCUT2D eigenvalue weighted by atomic mass is 19.1. The summed E-state index contributed by atoms with van der Waals surface area (Å²) in [6.45, 7) is 6.63. The van der Waals surface area contributed by atoms with Crippen molar-refractivity contribution >= 4 is 0 Å². The van der Waals surface area contributed by atoms with Crippen LogP contribution in [0.5, 0.6) is 0 Å². The van der Waals surface area contributed by atoms with Gasteiger partial charge in [-0.2, -0.15) is 0 Å². The van der Waals surface area contributed by atoms with Crippen molar-refractivity contribution in [2.75, 3.05) is 13.1 Å². The predicted molar refractivity (Wildman–Crippen MR) is 83.3 cm³/mol. The molecule has 1 aromatic carbocycles. The van der Waals surface area contributed by atoms with E-state index in [0.717, 1.165) is 25.1 Å². The molecular formula is C18H28FN. The molecule has 0 atom stereocenters. The Morgan fingerprint density at radius 3 is 2.60 bits per heavy atom. The molecular weight excluding hydrogens is 249 g/mol. The third-order valence-electron chi connectivity index (χ3n) is 4.43. The van der Waals surface area contributed by atoms with E-state index in [1.807, 2.05) is 6.07 Å². The van der Waals surface area contributed by atoms with Gasteiger partial charge in [-0.15, -0.1) is 0 Å². The highest BCUT2D eigenvalue weighted by molar-refractivity contribution is 5.18. The molecule has 1 N–H and O–H groups in total. The molecule has 0 amide bonds. The normalized spacial score (nSPS) is 18.4. The molecule has 0 spiro atoms. The lowest BCUT2D eigenvalue weighted by Gasteiger charge is -2.38. The van der Waals surface area contributed by atoms with Gasteiger partial charge in [-0.05, 0) is 54.8 Å².